The van der Waals surface area contributed by atoms with Crippen molar-refractivity contribution in [3.05, 3.63) is 56.7 Å². The fourth-order valence-corrected chi connectivity index (χ4v) is 2.58. The van der Waals surface area contributed by atoms with Crippen molar-refractivity contribution in [3.63, 3.8) is 0 Å². The first kappa shape index (κ1) is 17.6. The lowest BCUT2D eigenvalue weighted by molar-refractivity contribution is -0.144. The maximum atomic E-state index is 14.4. The van der Waals surface area contributed by atoms with Crippen LogP contribution >= 0.6 is 0 Å². The lowest BCUT2D eigenvalue weighted by Crippen LogP contribution is -2.41. The highest BCUT2D eigenvalue weighted by molar-refractivity contribution is 5.90. The van der Waals surface area contributed by atoms with Crippen molar-refractivity contribution in [2.75, 3.05) is 0 Å². The number of benzene rings is 1. The fourth-order valence-electron chi connectivity index (χ4n) is 2.58. The number of fused-ring (bicyclic) bond motifs is 1. The van der Waals surface area contributed by atoms with E-state index < -0.39 is 40.5 Å². The number of halogens is 4. The Morgan fingerprint density at radius 1 is 1.15 bits per heavy atom. The molecule has 0 bridgehead atoms. The first-order chi connectivity index (χ1) is 12.0. The van der Waals surface area contributed by atoms with Crippen LogP contribution < -0.4 is 11.2 Å². The molecule has 2 heterocycles. The summed E-state index contributed by atoms with van der Waals surface area (Å²) in [4.78, 5) is 35.9. The van der Waals surface area contributed by atoms with Gasteiger partial charge in [-0.15, -0.1) is 0 Å². The molecule has 2 aromatic heterocycles. The van der Waals surface area contributed by atoms with E-state index in [1.807, 2.05) is 0 Å². The Kier molecular flexibility index (Phi) is 3.82. The molecule has 0 fully saturated rings. The van der Waals surface area contributed by atoms with Gasteiger partial charge in [0.25, 0.3) is 5.56 Å². The Labute approximate surface area is 141 Å². The maximum absolute atomic E-state index is 14.4. The van der Waals surface area contributed by atoms with E-state index in [-0.39, 0.29) is 26.1 Å². The van der Waals surface area contributed by atoms with Crippen LogP contribution in [0.25, 0.3) is 16.6 Å². The van der Waals surface area contributed by atoms with Crippen LogP contribution in [0, 0.1) is 5.82 Å². The minimum atomic E-state index is -4.93. The molecule has 1 aromatic carbocycles. The molecular formula is C15H10F4N4O3. The van der Waals surface area contributed by atoms with Crippen LogP contribution in [-0.2, 0) is 13.2 Å². The first-order valence-corrected chi connectivity index (χ1v) is 7.11. The van der Waals surface area contributed by atoms with Crippen LogP contribution in [0.3, 0.4) is 0 Å². The molecule has 3 aromatic rings. The molecule has 0 unspecified atom stereocenters. The predicted octanol–water partition coefficient (Wildman–Crippen LogP) is 1.70. The summed E-state index contributed by atoms with van der Waals surface area (Å²) in [5.41, 5.74) is -4.67. The van der Waals surface area contributed by atoms with E-state index in [1.165, 1.54) is 13.1 Å². The molecule has 3 rings (SSSR count). The zero-order valence-corrected chi connectivity index (χ0v) is 13.3. The summed E-state index contributed by atoms with van der Waals surface area (Å²) in [5, 5.41) is 3.98. The molecule has 0 saturated carbocycles. The van der Waals surface area contributed by atoms with E-state index in [4.69, 9.17) is 0 Å². The molecule has 0 aliphatic heterocycles. The van der Waals surface area contributed by atoms with Gasteiger partial charge in [-0.3, -0.25) is 14.2 Å². The number of carbonyl (C=O) groups is 1. The molecule has 26 heavy (non-hydrogen) atoms. The average Bonchev–Trinajstić information content (AvgIpc) is 2.93. The third kappa shape index (κ3) is 2.61. The van der Waals surface area contributed by atoms with Crippen LogP contribution in [0.5, 0.6) is 0 Å². The SMILES string of the molecule is CC(=O)n1ncc2cc(F)c(-n3c(=O)cc(C(F)(F)F)n(C)c3=O)cc21. The summed E-state index contributed by atoms with van der Waals surface area (Å²) in [6.07, 6.45) is -3.72. The van der Waals surface area contributed by atoms with Gasteiger partial charge in [0.15, 0.2) is 0 Å². The van der Waals surface area contributed by atoms with Crippen molar-refractivity contribution in [2.24, 2.45) is 7.05 Å². The molecular weight excluding hydrogens is 360 g/mol. The quantitative estimate of drug-likeness (QED) is 0.611. The standard InChI is InChI=1S/C15H10F4N4O3/c1-7(24)23-10-4-11(9(16)3-8(10)6-20-23)22-13(25)5-12(15(17,18)19)21(2)14(22)26/h3-6H,1-2H3. The van der Waals surface area contributed by atoms with Crippen molar-refractivity contribution in [1.82, 2.24) is 18.9 Å². The third-order valence-corrected chi connectivity index (χ3v) is 3.79. The number of hydrogen-bond donors (Lipinski definition) is 0. The van der Waals surface area contributed by atoms with E-state index in [2.05, 4.69) is 5.10 Å². The highest BCUT2D eigenvalue weighted by atomic mass is 19.4. The van der Waals surface area contributed by atoms with Crippen molar-refractivity contribution in [2.45, 2.75) is 13.1 Å². The highest BCUT2D eigenvalue weighted by Crippen LogP contribution is 2.27. The van der Waals surface area contributed by atoms with Gasteiger partial charge in [-0.25, -0.2) is 18.4 Å². The number of carbonyl (C=O) groups excluding carboxylic acids is 1. The van der Waals surface area contributed by atoms with Gasteiger partial charge in [-0.2, -0.15) is 18.3 Å². The van der Waals surface area contributed by atoms with Gasteiger partial charge in [0, 0.05) is 25.4 Å². The molecule has 0 aliphatic carbocycles. The van der Waals surface area contributed by atoms with Gasteiger partial charge < -0.3 is 0 Å². The Morgan fingerprint density at radius 2 is 1.81 bits per heavy atom. The Balaban J connectivity index is 2.37. The van der Waals surface area contributed by atoms with Gasteiger partial charge in [0.05, 0.1) is 17.4 Å². The average molecular weight is 370 g/mol. The number of aromatic nitrogens is 4. The normalized spacial score (nSPS) is 11.9. The number of nitrogens with zero attached hydrogens (tertiary/aromatic N) is 4. The predicted molar refractivity (Wildman–Crippen MR) is 81.8 cm³/mol. The summed E-state index contributed by atoms with van der Waals surface area (Å²) in [7, 11) is 0.817. The minimum absolute atomic E-state index is 0.0998. The van der Waals surface area contributed by atoms with Gasteiger partial charge in [0.2, 0.25) is 5.91 Å². The van der Waals surface area contributed by atoms with E-state index in [9.17, 15) is 31.9 Å². The lowest BCUT2D eigenvalue weighted by Gasteiger charge is -2.14. The van der Waals surface area contributed by atoms with Crippen LogP contribution in [0.4, 0.5) is 17.6 Å². The smallest absolute Gasteiger partial charge is 0.292 e. The summed E-state index contributed by atoms with van der Waals surface area (Å²) < 4.78 is 54.5. The molecule has 0 atom stereocenters. The monoisotopic (exact) mass is 370 g/mol. The van der Waals surface area contributed by atoms with Crippen molar-refractivity contribution < 1.29 is 22.4 Å². The minimum Gasteiger partial charge on any atom is -0.292 e. The second-order valence-corrected chi connectivity index (χ2v) is 5.48. The van der Waals surface area contributed by atoms with Crippen molar-refractivity contribution >= 4 is 16.8 Å². The van der Waals surface area contributed by atoms with Crippen LogP contribution in [-0.4, -0.2) is 24.8 Å². The van der Waals surface area contributed by atoms with Crippen molar-refractivity contribution in [3.8, 4) is 5.69 Å². The highest BCUT2D eigenvalue weighted by Gasteiger charge is 2.35. The number of rotatable bonds is 1. The van der Waals surface area contributed by atoms with E-state index in [0.29, 0.717) is 0 Å². The summed E-state index contributed by atoms with van der Waals surface area (Å²) in [6, 6.07) is 2.14. The number of alkyl halides is 3. The zero-order chi connectivity index (χ0) is 19.4. The van der Waals surface area contributed by atoms with Gasteiger partial charge in [-0.05, 0) is 12.1 Å². The number of hydrogen-bond acceptors (Lipinski definition) is 4. The second-order valence-electron chi connectivity index (χ2n) is 5.48. The summed E-state index contributed by atoms with van der Waals surface area (Å²) in [5.74, 6) is -1.54. The Bertz CT molecular complexity index is 1170. The summed E-state index contributed by atoms with van der Waals surface area (Å²) in [6.45, 7) is 1.19. The van der Waals surface area contributed by atoms with Crippen LogP contribution in [0.2, 0.25) is 0 Å². The third-order valence-electron chi connectivity index (χ3n) is 3.79. The van der Waals surface area contributed by atoms with E-state index in [1.54, 1.807) is 0 Å². The molecule has 0 amide bonds. The van der Waals surface area contributed by atoms with Gasteiger partial charge >= 0.3 is 11.9 Å². The molecule has 11 heteroatoms. The maximum Gasteiger partial charge on any atom is 0.431 e. The molecule has 0 aliphatic rings. The van der Waals surface area contributed by atoms with Gasteiger partial charge in [0.1, 0.15) is 11.5 Å². The fraction of sp³-hybridized carbons (Fsp3) is 0.200. The summed E-state index contributed by atoms with van der Waals surface area (Å²) >= 11 is 0. The molecule has 0 spiro atoms. The van der Waals surface area contributed by atoms with E-state index >= 15 is 0 Å². The topological polar surface area (TPSA) is 78.9 Å². The van der Waals surface area contributed by atoms with Crippen LogP contribution in [0.15, 0.2) is 34.0 Å². The van der Waals surface area contributed by atoms with Crippen molar-refractivity contribution in [1.29, 1.82) is 0 Å². The van der Waals surface area contributed by atoms with E-state index in [0.717, 1.165) is 23.9 Å². The molecule has 136 valence electrons. The molecule has 0 saturated heterocycles. The lowest BCUT2D eigenvalue weighted by atomic mass is 10.2. The van der Waals surface area contributed by atoms with Crippen LogP contribution in [0.1, 0.15) is 17.4 Å². The molecule has 0 N–H and O–H groups in total. The second kappa shape index (κ2) is 5.64. The Morgan fingerprint density at radius 3 is 2.38 bits per heavy atom. The first-order valence-electron chi connectivity index (χ1n) is 7.11. The largest absolute Gasteiger partial charge is 0.431 e. The zero-order valence-electron chi connectivity index (χ0n) is 13.3. The molecule has 0 radical (unpaired) electrons. The van der Waals surface area contributed by atoms with Gasteiger partial charge in [-0.1, -0.05) is 0 Å². The molecule has 7 nitrogen and oxygen atoms in total. The Hall–Kier alpha value is -3.24.